The van der Waals surface area contributed by atoms with Gasteiger partial charge in [0.1, 0.15) is 11.4 Å². The highest BCUT2D eigenvalue weighted by Crippen LogP contribution is 2.26. The number of halogens is 1. The summed E-state index contributed by atoms with van der Waals surface area (Å²) in [4.78, 5) is 17.8. The first kappa shape index (κ1) is 11.1. The van der Waals surface area contributed by atoms with E-state index in [0.717, 1.165) is 0 Å². The summed E-state index contributed by atoms with van der Waals surface area (Å²) in [6.07, 6.45) is 0. The van der Waals surface area contributed by atoms with Crippen molar-refractivity contribution in [1.82, 2.24) is 9.97 Å². The van der Waals surface area contributed by atoms with Crippen molar-refractivity contribution in [1.29, 1.82) is 0 Å². The summed E-state index contributed by atoms with van der Waals surface area (Å²) in [5, 5.41) is 12.2. The van der Waals surface area contributed by atoms with Crippen LogP contribution in [-0.4, -0.2) is 22.1 Å². The predicted octanol–water partition coefficient (Wildman–Crippen LogP) is 1.32. The fraction of sp³-hybridized carbons (Fsp3) is 0.0909. The minimum atomic E-state index is -0.605. The maximum atomic E-state index is 13.5. The van der Waals surface area contributed by atoms with Gasteiger partial charge in [0.2, 0.25) is 11.8 Å². The number of hydrogen-bond donors (Lipinski definition) is 3. The van der Waals surface area contributed by atoms with Gasteiger partial charge in [0.15, 0.2) is 0 Å². The second kappa shape index (κ2) is 4.25. The van der Waals surface area contributed by atoms with Crippen LogP contribution in [0.4, 0.5) is 10.3 Å². The minimum absolute atomic E-state index is 0.0152. The van der Waals surface area contributed by atoms with Crippen LogP contribution in [0.1, 0.15) is 0 Å². The van der Waals surface area contributed by atoms with Gasteiger partial charge in [-0.1, -0.05) is 18.2 Å². The summed E-state index contributed by atoms with van der Waals surface area (Å²) in [5.41, 5.74) is -0.768. The van der Waals surface area contributed by atoms with E-state index in [1.165, 1.54) is 18.2 Å². The number of aromatic amines is 1. The Bertz CT molecular complexity index is 610. The lowest BCUT2D eigenvalue weighted by Crippen LogP contribution is -2.13. The lowest BCUT2D eigenvalue weighted by Gasteiger charge is -2.06. The Labute approximate surface area is 96.0 Å². The van der Waals surface area contributed by atoms with Crippen LogP contribution in [0.2, 0.25) is 0 Å². The summed E-state index contributed by atoms with van der Waals surface area (Å²) >= 11 is 0. The van der Waals surface area contributed by atoms with Crippen molar-refractivity contribution in [2.45, 2.75) is 0 Å². The molecule has 0 unspecified atom stereocenters. The Morgan fingerprint density at radius 1 is 1.41 bits per heavy atom. The number of benzene rings is 1. The standard InChI is InChI=1S/C11H10FN3O2/c1-13-11-14-9(16)8(10(17)15-11)6-4-2-3-5-7(6)12/h2-5H,1H3,(H3,13,14,15,16,17). The molecule has 1 aromatic heterocycles. The molecule has 1 heterocycles. The van der Waals surface area contributed by atoms with Crippen LogP contribution in [-0.2, 0) is 0 Å². The molecule has 0 fully saturated rings. The summed E-state index contributed by atoms with van der Waals surface area (Å²) in [6.45, 7) is 0. The van der Waals surface area contributed by atoms with Crippen molar-refractivity contribution in [3.63, 3.8) is 0 Å². The number of hydrogen-bond acceptors (Lipinski definition) is 4. The lowest BCUT2D eigenvalue weighted by atomic mass is 10.1. The topological polar surface area (TPSA) is 78.0 Å². The first-order chi connectivity index (χ1) is 8.13. The largest absolute Gasteiger partial charge is 0.493 e. The fourth-order valence-electron chi connectivity index (χ4n) is 1.49. The number of nitrogens with zero attached hydrogens (tertiary/aromatic N) is 1. The van der Waals surface area contributed by atoms with E-state index < -0.39 is 17.3 Å². The van der Waals surface area contributed by atoms with Crippen LogP contribution in [0.5, 0.6) is 5.88 Å². The molecule has 0 spiro atoms. The SMILES string of the molecule is CNc1nc(O)c(-c2ccccc2F)c(=O)[nH]1. The lowest BCUT2D eigenvalue weighted by molar-refractivity contribution is 0.454. The Morgan fingerprint density at radius 3 is 2.71 bits per heavy atom. The Morgan fingerprint density at radius 2 is 2.12 bits per heavy atom. The molecule has 5 nitrogen and oxygen atoms in total. The van der Waals surface area contributed by atoms with E-state index >= 15 is 0 Å². The molecule has 0 radical (unpaired) electrons. The third-order valence-corrected chi connectivity index (χ3v) is 2.28. The van der Waals surface area contributed by atoms with Crippen LogP contribution in [0.15, 0.2) is 29.1 Å². The van der Waals surface area contributed by atoms with Gasteiger partial charge in [-0.3, -0.25) is 9.78 Å². The molecule has 0 saturated carbocycles. The van der Waals surface area contributed by atoms with Crippen molar-refractivity contribution >= 4 is 5.95 Å². The van der Waals surface area contributed by atoms with Gasteiger partial charge in [0, 0.05) is 12.6 Å². The predicted molar refractivity (Wildman–Crippen MR) is 61.5 cm³/mol. The van der Waals surface area contributed by atoms with Gasteiger partial charge in [-0.25, -0.2) is 4.39 Å². The second-order valence-electron chi connectivity index (χ2n) is 3.34. The fourth-order valence-corrected chi connectivity index (χ4v) is 1.49. The maximum Gasteiger partial charge on any atom is 0.264 e. The molecule has 17 heavy (non-hydrogen) atoms. The highest BCUT2D eigenvalue weighted by molar-refractivity contribution is 5.68. The van der Waals surface area contributed by atoms with Gasteiger partial charge in [0.25, 0.3) is 5.56 Å². The van der Waals surface area contributed by atoms with E-state index in [-0.39, 0.29) is 17.1 Å². The molecule has 2 aromatic rings. The molecular formula is C11H10FN3O2. The zero-order valence-corrected chi connectivity index (χ0v) is 8.99. The Kier molecular flexibility index (Phi) is 2.78. The number of rotatable bonds is 2. The second-order valence-corrected chi connectivity index (χ2v) is 3.34. The zero-order valence-electron chi connectivity index (χ0n) is 8.99. The molecule has 88 valence electrons. The molecule has 0 aliphatic heterocycles. The number of aromatic nitrogens is 2. The Balaban J connectivity index is 2.69. The maximum absolute atomic E-state index is 13.5. The Hall–Kier alpha value is -2.37. The average molecular weight is 235 g/mol. The highest BCUT2D eigenvalue weighted by atomic mass is 19.1. The smallest absolute Gasteiger partial charge is 0.264 e. The third kappa shape index (κ3) is 1.96. The van der Waals surface area contributed by atoms with Crippen molar-refractivity contribution in [2.75, 3.05) is 12.4 Å². The first-order valence-electron chi connectivity index (χ1n) is 4.89. The molecule has 0 atom stereocenters. The molecule has 2 rings (SSSR count). The molecular weight excluding hydrogens is 225 g/mol. The van der Waals surface area contributed by atoms with E-state index in [2.05, 4.69) is 15.3 Å². The van der Waals surface area contributed by atoms with Crippen LogP contribution < -0.4 is 10.9 Å². The summed E-state index contributed by atoms with van der Waals surface area (Å²) in [7, 11) is 1.54. The quantitative estimate of drug-likeness (QED) is 0.733. The van der Waals surface area contributed by atoms with Crippen molar-refractivity contribution in [2.24, 2.45) is 0 Å². The van der Waals surface area contributed by atoms with Crippen LogP contribution >= 0.6 is 0 Å². The number of H-pyrrole nitrogens is 1. The third-order valence-electron chi connectivity index (χ3n) is 2.28. The molecule has 6 heteroatoms. The van der Waals surface area contributed by atoms with E-state index in [4.69, 9.17) is 0 Å². The van der Waals surface area contributed by atoms with Gasteiger partial charge >= 0.3 is 0 Å². The first-order valence-corrected chi connectivity index (χ1v) is 4.89. The number of aromatic hydroxyl groups is 1. The van der Waals surface area contributed by atoms with E-state index in [9.17, 15) is 14.3 Å². The van der Waals surface area contributed by atoms with Crippen molar-refractivity contribution in [3.05, 3.63) is 40.4 Å². The van der Waals surface area contributed by atoms with Gasteiger partial charge in [0.05, 0.1) is 0 Å². The van der Waals surface area contributed by atoms with Gasteiger partial charge in [-0.05, 0) is 6.07 Å². The van der Waals surface area contributed by atoms with Gasteiger partial charge in [-0.2, -0.15) is 4.98 Å². The van der Waals surface area contributed by atoms with Crippen molar-refractivity contribution in [3.8, 4) is 17.0 Å². The van der Waals surface area contributed by atoms with Crippen molar-refractivity contribution < 1.29 is 9.50 Å². The number of anilines is 1. The molecule has 3 N–H and O–H groups in total. The highest BCUT2D eigenvalue weighted by Gasteiger charge is 2.15. The molecule has 0 bridgehead atoms. The zero-order chi connectivity index (χ0) is 12.4. The monoisotopic (exact) mass is 235 g/mol. The summed E-state index contributed by atoms with van der Waals surface area (Å²) in [6, 6.07) is 5.68. The average Bonchev–Trinajstić information content (AvgIpc) is 2.30. The van der Waals surface area contributed by atoms with Gasteiger partial charge < -0.3 is 10.4 Å². The molecule has 0 saturated heterocycles. The number of nitrogens with one attached hydrogen (secondary N) is 2. The molecule has 0 aliphatic carbocycles. The van der Waals surface area contributed by atoms with Crippen LogP contribution in [0, 0.1) is 5.82 Å². The van der Waals surface area contributed by atoms with E-state index in [1.54, 1.807) is 13.1 Å². The minimum Gasteiger partial charge on any atom is -0.493 e. The van der Waals surface area contributed by atoms with Crippen LogP contribution in [0.3, 0.4) is 0 Å². The van der Waals surface area contributed by atoms with Crippen LogP contribution in [0.25, 0.3) is 11.1 Å². The molecule has 1 aromatic carbocycles. The summed E-state index contributed by atoms with van der Waals surface area (Å²) in [5.74, 6) is -0.983. The molecule has 0 aliphatic rings. The van der Waals surface area contributed by atoms with E-state index in [0.29, 0.717) is 0 Å². The molecule has 0 amide bonds. The van der Waals surface area contributed by atoms with Gasteiger partial charge in [-0.15, -0.1) is 0 Å². The summed E-state index contributed by atoms with van der Waals surface area (Å²) < 4.78 is 13.5. The van der Waals surface area contributed by atoms with E-state index in [1.807, 2.05) is 0 Å². The normalized spacial score (nSPS) is 10.2.